The lowest BCUT2D eigenvalue weighted by atomic mass is 10.0. The Morgan fingerprint density at radius 2 is 2.09 bits per heavy atom. The topological polar surface area (TPSA) is 68.4 Å². The fraction of sp³-hybridized carbons (Fsp3) is 0.294. The molecule has 2 N–H and O–H groups in total. The van der Waals surface area contributed by atoms with Crippen molar-refractivity contribution < 1.29 is 9.53 Å². The minimum atomic E-state index is -0.441. The summed E-state index contributed by atoms with van der Waals surface area (Å²) in [6, 6.07) is 11.7. The van der Waals surface area contributed by atoms with E-state index in [1.165, 1.54) is 5.56 Å². The van der Waals surface area contributed by atoms with Gasteiger partial charge in [-0.3, -0.25) is 4.79 Å². The fourth-order valence-electron chi connectivity index (χ4n) is 3.01. The van der Waals surface area contributed by atoms with Crippen molar-refractivity contribution in [2.75, 3.05) is 18.6 Å². The minimum absolute atomic E-state index is 0.207. The average molecular weight is 297 g/mol. The molecule has 0 spiro atoms. The molecule has 5 heteroatoms. The van der Waals surface area contributed by atoms with Crippen LogP contribution in [0, 0.1) is 0 Å². The summed E-state index contributed by atoms with van der Waals surface area (Å²) in [5.41, 5.74) is 7.15. The van der Waals surface area contributed by atoms with Crippen molar-refractivity contribution in [1.29, 1.82) is 0 Å². The highest BCUT2D eigenvalue weighted by Crippen LogP contribution is 2.36. The maximum Gasteiger partial charge on any atom is 0.252 e. The SMILES string of the molecule is COc1ccc(C2CCCN2c2ncccc2C(N)=O)cc1. The van der Waals surface area contributed by atoms with Gasteiger partial charge in [0.05, 0.1) is 18.7 Å². The van der Waals surface area contributed by atoms with E-state index < -0.39 is 5.91 Å². The Balaban J connectivity index is 1.94. The third-order valence-corrected chi connectivity index (χ3v) is 4.08. The number of pyridine rings is 1. The first kappa shape index (κ1) is 14.4. The molecule has 1 unspecified atom stereocenters. The Kier molecular flexibility index (Phi) is 3.96. The first-order chi connectivity index (χ1) is 10.7. The molecule has 2 heterocycles. The van der Waals surface area contributed by atoms with Gasteiger partial charge in [0.25, 0.3) is 5.91 Å². The molecule has 1 aromatic heterocycles. The molecule has 1 atom stereocenters. The number of amides is 1. The number of carbonyl (C=O) groups is 1. The van der Waals surface area contributed by atoms with Crippen molar-refractivity contribution in [2.24, 2.45) is 5.73 Å². The number of rotatable bonds is 4. The van der Waals surface area contributed by atoms with Crippen LogP contribution in [0.4, 0.5) is 5.82 Å². The number of primary amides is 1. The summed E-state index contributed by atoms with van der Waals surface area (Å²) in [6.45, 7) is 0.869. The molecule has 2 aromatic rings. The van der Waals surface area contributed by atoms with E-state index in [9.17, 15) is 4.79 Å². The van der Waals surface area contributed by atoms with Crippen molar-refractivity contribution in [3.8, 4) is 5.75 Å². The van der Waals surface area contributed by atoms with E-state index in [0.717, 1.165) is 25.1 Å². The fourth-order valence-corrected chi connectivity index (χ4v) is 3.01. The second kappa shape index (κ2) is 6.05. The monoisotopic (exact) mass is 297 g/mol. The van der Waals surface area contributed by atoms with Crippen LogP contribution < -0.4 is 15.4 Å². The van der Waals surface area contributed by atoms with Crippen LogP contribution in [0.25, 0.3) is 0 Å². The van der Waals surface area contributed by atoms with Gasteiger partial charge in [0.15, 0.2) is 0 Å². The van der Waals surface area contributed by atoms with Crippen molar-refractivity contribution in [1.82, 2.24) is 4.98 Å². The van der Waals surface area contributed by atoms with Crippen LogP contribution in [0.3, 0.4) is 0 Å². The van der Waals surface area contributed by atoms with Crippen molar-refractivity contribution in [3.05, 3.63) is 53.7 Å². The highest BCUT2D eigenvalue weighted by Gasteiger charge is 2.29. The molecule has 1 aliphatic rings. The highest BCUT2D eigenvalue weighted by atomic mass is 16.5. The number of benzene rings is 1. The van der Waals surface area contributed by atoms with E-state index in [1.807, 2.05) is 12.1 Å². The largest absolute Gasteiger partial charge is 0.497 e. The van der Waals surface area contributed by atoms with Crippen LogP contribution in [0.15, 0.2) is 42.6 Å². The summed E-state index contributed by atoms with van der Waals surface area (Å²) in [5, 5.41) is 0. The van der Waals surface area contributed by atoms with Gasteiger partial charge in [-0.1, -0.05) is 12.1 Å². The standard InChI is InChI=1S/C17H19N3O2/c1-22-13-8-6-12(7-9-13)15-5-3-11-20(15)17-14(16(18)21)4-2-10-19-17/h2,4,6-10,15H,3,5,11H2,1H3,(H2,18,21). The summed E-state index contributed by atoms with van der Waals surface area (Å²) in [6.07, 6.45) is 3.79. The van der Waals surface area contributed by atoms with E-state index in [-0.39, 0.29) is 6.04 Å². The van der Waals surface area contributed by atoms with Gasteiger partial charge < -0.3 is 15.4 Å². The van der Waals surface area contributed by atoms with E-state index >= 15 is 0 Å². The van der Waals surface area contributed by atoms with Gasteiger partial charge in [-0.15, -0.1) is 0 Å². The quantitative estimate of drug-likeness (QED) is 0.941. The second-order valence-electron chi connectivity index (χ2n) is 5.36. The molecule has 1 saturated heterocycles. The maximum absolute atomic E-state index is 11.6. The summed E-state index contributed by atoms with van der Waals surface area (Å²) >= 11 is 0. The number of carbonyl (C=O) groups excluding carboxylic acids is 1. The molecule has 3 rings (SSSR count). The molecule has 1 aromatic carbocycles. The van der Waals surface area contributed by atoms with Crippen LogP contribution in [-0.2, 0) is 0 Å². The Bertz CT molecular complexity index is 670. The Morgan fingerprint density at radius 1 is 1.32 bits per heavy atom. The van der Waals surface area contributed by atoms with Gasteiger partial charge in [0.1, 0.15) is 11.6 Å². The minimum Gasteiger partial charge on any atom is -0.497 e. The van der Waals surface area contributed by atoms with Crippen molar-refractivity contribution >= 4 is 11.7 Å². The van der Waals surface area contributed by atoms with Crippen LogP contribution in [0.1, 0.15) is 34.8 Å². The third kappa shape index (κ3) is 2.62. The molecular weight excluding hydrogens is 278 g/mol. The van der Waals surface area contributed by atoms with E-state index in [1.54, 1.807) is 25.4 Å². The van der Waals surface area contributed by atoms with Crippen LogP contribution in [-0.4, -0.2) is 24.5 Å². The zero-order chi connectivity index (χ0) is 15.5. The van der Waals surface area contributed by atoms with Crippen molar-refractivity contribution in [2.45, 2.75) is 18.9 Å². The third-order valence-electron chi connectivity index (χ3n) is 4.08. The van der Waals surface area contributed by atoms with Crippen LogP contribution in [0.2, 0.25) is 0 Å². The molecule has 0 saturated carbocycles. The van der Waals surface area contributed by atoms with Crippen LogP contribution in [0.5, 0.6) is 5.75 Å². The number of aromatic nitrogens is 1. The van der Waals surface area contributed by atoms with Gasteiger partial charge in [-0.2, -0.15) is 0 Å². The average Bonchev–Trinajstić information content (AvgIpc) is 3.04. The van der Waals surface area contributed by atoms with Gasteiger partial charge in [0, 0.05) is 12.7 Å². The lowest BCUT2D eigenvalue weighted by Crippen LogP contribution is -2.27. The van der Waals surface area contributed by atoms with Crippen LogP contribution >= 0.6 is 0 Å². The maximum atomic E-state index is 11.6. The Labute approximate surface area is 129 Å². The molecular formula is C17H19N3O2. The predicted octanol–water partition coefficient (Wildman–Crippen LogP) is 2.53. The molecule has 1 amide bonds. The lowest BCUT2D eigenvalue weighted by Gasteiger charge is -2.27. The van der Waals surface area contributed by atoms with Gasteiger partial charge in [-0.25, -0.2) is 4.98 Å². The first-order valence-electron chi connectivity index (χ1n) is 7.36. The Morgan fingerprint density at radius 3 is 2.77 bits per heavy atom. The van der Waals surface area contributed by atoms with Crippen molar-refractivity contribution in [3.63, 3.8) is 0 Å². The Hall–Kier alpha value is -2.56. The number of ether oxygens (including phenoxy) is 1. The summed E-state index contributed by atoms with van der Waals surface area (Å²) in [4.78, 5) is 18.2. The van der Waals surface area contributed by atoms with E-state index in [0.29, 0.717) is 11.4 Å². The highest BCUT2D eigenvalue weighted by molar-refractivity contribution is 5.97. The second-order valence-corrected chi connectivity index (χ2v) is 5.36. The van der Waals surface area contributed by atoms with Gasteiger partial charge in [-0.05, 0) is 42.7 Å². The summed E-state index contributed by atoms with van der Waals surface area (Å²) in [5.74, 6) is 1.07. The number of nitrogens with zero attached hydrogens (tertiary/aromatic N) is 2. The summed E-state index contributed by atoms with van der Waals surface area (Å²) in [7, 11) is 1.66. The summed E-state index contributed by atoms with van der Waals surface area (Å²) < 4.78 is 5.21. The smallest absolute Gasteiger partial charge is 0.252 e. The number of nitrogens with two attached hydrogens (primary N) is 1. The lowest BCUT2D eigenvalue weighted by molar-refractivity contribution is 0.100. The molecule has 22 heavy (non-hydrogen) atoms. The molecule has 1 fully saturated rings. The molecule has 114 valence electrons. The van der Waals surface area contributed by atoms with Gasteiger partial charge in [0.2, 0.25) is 0 Å². The number of hydrogen-bond acceptors (Lipinski definition) is 4. The zero-order valence-corrected chi connectivity index (χ0v) is 12.5. The van der Waals surface area contributed by atoms with Gasteiger partial charge >= 0.3 is 0 Å². The number of methoxy groups -OCH3 is 1. The first-order valence-corrected chi connectivity index (χ1v) is 7.36. The predicted molar refractivity (Wildman–Crippen MR) is 85.1 cm³/mol. The number of anilines is 1. The molecule has 0 radical (unpaired) electrons. The molecule has 5 nitrogen and oxygen atoms in total. The van der Waals surface area contributed by atoms with E-state index in [2.05, 4.69) is 22.0 Å². The molecule has 0 bridgehead atoms. The zero-order valence-electron chi connectivity index (χ0n) is 12.5. The number of hydrogen-bond donors (Lipinski definition) is 1. The molecule has 0 aliphatic carbocycles. The van der Waals surface area contributed by atoms with E-state index in [4.69, 9.17) is 10.5 Å². The normalized spacial score (nSPS) is 17.5. The molecule has 1 aliphatic heterocycles.